The first-order valence-corrected chi connectivity index (χ1v) is 8.72. The van der Waals surface area contributed by atoms with Crippen LogP contribution in [-0.2, 0) is 11.0 Å². The highest BCUT2D eigenvalue weighted by molar-refractivity contribution is 6.32. The predicted octanol–water partition coefficient (Wildman–Crippen LogP) is 4.12. The Kier molecular flexibility index (Phi) is 5.70. The van der Waals surface area contributed by atoms with Crippen molar-refractivity contribution in [1.29, 1.82) is 0 Å². The van der Waals surface area contributed by atoms with E-state index in [1.54, 1.807) is 11.1 Å². The van der Waals surface area contributed by atoms with Gasteiger partial charge in [0.15, 0.2) is 0 Å². The molecule has 0 saturated carbocycles. The Bertz CT molecular complexity index is 832. The fourth-order valence-corrected chi connectivity index (χ4v) is 2.99. The van der Waals surface area contributed by atoms with Crippen molar-refractivity contribution >= 4 is 29.4 Å². The topological polar surface area (TPSA) is 36.4 Å². The maximum absolute atomic E-state index is 12.8. The molecule has 1 aliphatic rings. The number of pyridine rings is 1. The number of halogens is 4. The molecular weight excluding hydrogens is 379 g/mol. The molecule has 142 valence electrons. The van der Waals surface area contributed by atoms with E-state index in [-0.39, 0.29) is 16.5 Å². The lowest BCUT2D eigenvalue weighted by Gasteiger charge is -2.34. The summed E-state index contributed by atoms with van der Waals surface area (Å²) >= 11 is 5.95. The second-order valence-corrected chi connectivity index (χ2v) is 6.47. The van der Waals surface area contributed by atoms with E-state index in [1.165, 1.54) is 18.2 Å². The molecule has 1 aromatic heterocycles. The van der Waals surface area contributed by atoms with Crippen LogP contribution in [0.1, 0.15) is 11.1 Å². The summed E-state index contributed by atoms with van der Waals surface area (Å²) in [5.74, 6) is 0.597. The summed E-state index contributed by atoms with van der Waals surface area (Å²) in [6, 6.07) is 8.69. The van der Waals surface area contributed by atoms with Crippen LogP contribution in [0, 0.1) is 0 Å². The van der Waals surface area contributed by atoms with Crippen LogP contribution in [0.2, 0.25) is 5.02 Å². The maximum atomic E-state index is 12.8. The zero-order valence-electron chi connectivity index (χ0n) is 14.3. The van der Waals surface area contributed by atoms with Gasteiger partial charge in [-0.2, -0.15) is 13.2 Å². The van der Waals surface area contributed by atoms with Gasteiger partial charge >= 0.3 is 6.18 Å². The molecule has 1 saturated heterocycles. The third kappa shape index (κ3) is 4.80. The highest BCUT2D eigenvalue weighted by Gasteiger charge is 2.30. The zero-order chi connectivity index (χ0) is 19.4. The Morgan fingerprint density at radius 3 is 2.48 bits per heavy atom. The first kappa shape index (κ1) is 19.2. The molecule has 0 unspecified atom stereocenters. The second-order valence-electron chi connectivity index (χ2n) is 6.07. The number of benzene rings is 1. The van der Waals surface area contributed by atoms with Crippen LogP contribution in [0.25, 0.3) is 6.08 Å². The maximum Gasteiger partial charge on any atom is 0.416 e. The van der Waals surface area contributed by atoms with E-state index in [0.717, 1.165) is 18.0 Å². The SMILES string of the molecule is O=C(/C=C/c1cc(C(F)(F)F)ccc1Cl)N1CCN(c2ccccn2)CC1. The van der Waals surface area contributed by atoms with Crippen molar-refractivity contribution in [2.45, 2.75) is 6.18 Å². The molecule has 0 N–H and O–H groups in total. The number of hydrogen-bond donors (Lipinski definition) is 0. The van der Waals surface area contributed by atoms with Crippen LogP contribution in [0.3, 0.4) is 0 Å². The molecule has 0 radical (unpaired) electrons. The molecule has 1 aliphatic heterocycles. The van der Waals surface area contributed by atoms with E-state index in [9.17, 15) is 18.0 Å². The minimum Gasteiger partial charge on any atom is -0.353 e. The van der Waals surface area contributed by atoms with Gasteiger partial charge in [0.2, 0.25) is 5.91 Å². The van der Waals surface area contributed by atoms with E-state index in [4.69, 9.17) is 11.6 Å². The lowest BCUT2D eigenvalue weighted by atomic mass is 10.1. The molecule has 8 heteroatoms. The van der Waals surface area contributed by atoms with E-state index < -0.39 is 11.7 Å². The van der Waals surface area contributed by atoms with Gasteiger partial charge in [0, 0.05) is 43.5 Å². The van der Waals surface area contributed by atoms with Gasteiger partial charge in [0.1, 0.15) is 5.82 Å². The van der Waals surface area contributed by atoms with Gasteiger partial charge in [0.05, 0.1) is 5.56 Å². The van der Waals surface area contributed by atoms with E-state index >= 15 is 0 Å². The minimum atomic E-state index is -4.46. The normalized spacial score (nSPS) is 15.4. The first-order chi connectivity index (χ1) is 12.8. The monoisotopic (exact) mass is 395 g/mol. The number of amides is 1. The van der Waals surface area contributed by atoms with Gasteiger partial charge in [0.25, 0.3) is 0 Å². The molecule has 0 spiro atoms. The molecule has 27 heavy (non-hydrogen) atoms. The minimum absolute atomic E-state index is 0.159. The summed E-state index contributed by atoms with van der Waals surface area (Å²) in [7, 11) is 0. The Balaban J connectivity index is 1.63. The van der Waals surface area contributed by atoms with Crippen LogP contribution < -0.4 is 4.90 Å². The van der Waals surface area contributed by atoms with E-state index in [0.29, 0.717) is 26.2 Å². The van der Waals surface area contributed by atoms with Crippen LogP contribution in [-0.4, -0.2) is 42.0 Å². The molecule has 1 amide bonds. The Morgan fingerprint density at radius 1 is 1.11 bits per heavy atom. The van der Waals surface area contributed by atoms with Crippen molar-refractivity contribution < 1.29 is 18.0 Å². The fraction of sp³-hybridized carbons (Fsp3) is 0.263. The second kappa shape index (κ2) is 8.00. The molecule has 3 rings (SSSR count). The Morgan fingerprint density at radius 2 is 1.85 bits per heavy atom. The lowest BCUT2D eigenvalue weighted by molar-refractivity contribution is -0.137. The third-order valence-corrected chi connectivity index (χ3v) is 4.64. The Hall–Kier alpha value is -2.54. The standard InChI is InChI=1S/C19H17ClF3N3O/c20-16-6-5-15(19(21,22)23)13-14(16)4-7-18(27)26-11-9-25(10-12-26)17-3-1-2-8-24-17/h1-8,13H,9-12H2/b7-4+. The van der Waals surface area contributed by atoms with Crippen molar-refractivity contribution in [1.82, 2.24) is 9.88 Å². The summed E-state index contributed by atoms with van der Waals surface area (Å²) in [6.45, 7) is 2.30. The van der Waals surface area contributed by atoms with Crippen LogP contribution >= 0.6 is 11.6 Å². The number of carbonyl (C=O) groups is 1. The first-order valence-electron chi connectivity index (χ1n) is 8.34. The van der Waals surface area contributed by atoms with E-state index in [1.807, 2.05) is 18.2 Å². The molecule has 0 bridgehead atoms. The number of alkyl halides is 3. The third-order valence-electron chi connectivity index (χ3n) is 4.29. The number of rotatable bonds is 3. The van der Waals surface area contributed by atoms with Gasteiger partial charge < -0.3 is 9.80 Å². The number of carbonyl (C=O) groups excluding carboxylic acids is 1. The largest absolute Gasteiger partial charge is 0.416 e. The molecule has 1 fully saturated rings. The summed E-state index contributed by atoms with van der Waals surface area (Å²) in [5, 5.41) is 0.159. The quantitative estimate of drug-likeness (QED) is 0.734. The average Bonchev–Trinajstić information content (AvgIpc) is 2.67. The van der Waals surface area contributed by atoms with Gasteiger partial charge in [-0.15, -0.1) is 0 Å². The van der Waals surface area contributed by atoms with Crippen LogP contribution in [0.5, 0.6) is 0 Å². The summed E-state index contributed by atoms with van der Waals surface area (Å²) in [6.07, 6.45) is -0.157. The highest BCUT2D eigenvalue weighted by atomic mass is 35.5. The average molecular weight is 396 g/mol. The summed E-state index contributed by atoms with van der Waals surface area (Å²) < 4.78 is 38.4. The van der Waals surface area contributed by atoms with Crippen molar-refractivity contribution in [3.8, 4) is 0 Å². The molecule has 0 aliphatic carbocycles. The molecule has 2 aromatic rings. The summed E-state index contributed by atoms with van der Waals surface area (Å²) in [4.78, 5) is 20.4. The molecule has 4 nitrogen and oxygen atoms in total. The highest BCUT2D eigenvalue weighted by Crippen LogP contribution is 2.32. The number of nitrogens with zero attached hydrogens (tertiary/aromatic N) is 3. The summed E-state index contributed by atoms with van der Waals surface area (Å²) in [5.41, 5.74) is -0.644. The number of piperazine rings is 1. The number of hydrogen-bond acceptors (Lipinski definition) is 3. The van der Waals surface area contributed by atoms with Crippen molar-refractivity contribution in [2.24, 2.45) is 0 Å². The van der Waals surface area contributed by atoms with Gasteiger partial charge in [-0.25, -0.2) is 4.98 Å². The fourth-order valence-electron chi connectivity index (χ4n) is 2.81. The van der Waals surface area contributed by atoms with Gasteiger partial charge in [-0.1, -0.05) is 17.7 Å². The number of anilines is 1. The Labute approximate surface area is 159 Å². The van der Waals surface area contributed by atoms with Gasteiger partial charge in [-0.3, -0.25) is 4.79 Å². The molecular formula is C19H17ClF3N3O. The van der Waals surface area contributed by atoms with Crippen LogP contribution in [0.4, 0.5) is 19.0 Å². The smallest absolute Gasteiger partial charge is 0.353 e. The van der Waals surface area contributed by atoms with Crippen molar-refractivity contribution in [3.63, 3.8) is 0 Å². The molecule has 1 aromatic carbocycles. The van der Waals surface area contributed by atoms with Gasteiger partial charge in [-0.05, 0) is 42.0 Å². The predicted molar refractivity (Wildman–Crippen MR) is 98.5 cm³/mol. The van der Waals surface area contributed by atoms with E-state index in [2.05, 4.69) is 9.88 Å². The van der Waals surface area contributed by atoms with Crippen molar-refractivity contribution in [3.05, 3.63) is 64.8 Å². The zero-order valence-corrected chi connectivity index (χ0v) is 15.0. The molecule has 0 atom stereocenters. The van der Waals surface area contributed by atoms with Crippen LogP contribution in [0.15, 0.2) is 48.7 Å². The van der Waals surface area contributed by atoms with Crippen molar-refractivity contribution in [2.75, 3.05) is 31.1 Å². The lowest BCUT2D eigenvalue weighted by Crippen LogP contribution is -2.48. The number of aromatic nitrogens is 1. The molecule has 2 heterocycles.